The second-order valence-corrected chi connectivity index (χ2v) is 7.22. The number of aromatic amines is 1. The standard InChI is InChI=1S/C20H18FN3O2/c1-26-14-3-2-12-9-24(10-20(4-5-20)16(12)8-14)19(25)15-6-13(21)7-17-18(15)23-11-22-17/h2-3,6-8,11H,4-5,9-10H2,1H3,(H,22,23). The minimum Gasteiger partial charge on any atom is -0.497 e. The van der Waals surface area contributed by atoms with Crippen LogP contribution in [0.3, 0.4) is 0 Å². The van der Waals surface area contributed by atoms with Crippen LogP contribution in [-0.4, -0.2) is 34.4 Å². The number of methoxy groups -OCH3 is 1. The van der Waals surface area contributed by atoms with Crippen molar-refractivity contribution >= 4 is 16.9 Å². The summed E-state index contributed by atoms with van der Waals surface area (Å²) in [6.45, 7) is 1.16. The van der Waals surface area contributed by atoms with Gasteiger partial charge >= 0.3 is 0 Å². The number of carbonyl (C=O) groups is 1. The molecule has 6 heteroatoms. The fourth-order valence-corrected chi connectivity index (χ4v) is 4.10. The van der Waals surface area contributed by atoms with Crippen molar-refractivity contribution < 1.29 is 13.9 Å². The van der Waals surface area contributed by atoms with Crippen LogP contribution >= 0.6 is 0 Å². The van der Waals surface area contributed by atoms with E-state index in [0.29, 0.717) is 29.7 Å². The molecule has 0 atom stereocenters. The number of nitrogens with one attached hydrogen (secondary N) is 1. The molecule has 1 spiro atoms. The molecule has 1 fully saturated rings. The number of nitrogens with zero attached hydrogens (tertiary/aromatic N) is 2. The lowest BCUT2D eigenvalue weighted by Crippen LogP contribution is -2.41. The molecule has 0 bridgehead atoms. The molecular formula is C20H18FN3O2. The predicted molar refractivity (Wildman–Crippen MR) is 94.7 cm³/mol. The van der Waals surface area contributed by atoms with Crippen LogP contribution < -0.4 is 4.74 Å². The summed E-state index contributed by atoms with van der Waals surface area (Å²) in [6, 6.07) is 8.70. The first kappa shape index (κ1) is 15.4. The third-order valence-corrected chi connectivity index (χ3v) is 5.60. The smallest absolute Gasteiger partial charge is 0.256 e. The lowest BCUT2D eigenvalue weighted by atomic mass is 9.86. The van der Waals surface area contributed by atoms with Gasteiger partial charge in [-0.2, -0.15) is 0 Å². The molecule has 0 unspecified atom stereocenters. The monoisotopic (exact) mass is 351 g/mol. The number of benzene rings is 2. The SMILES string of the molecule is COc1ccc2c(c1)C1(CC1)CN(C(=O)c1cc(F)cc3[nH]cnc13)C2. The van der Waals surface area contributed by atoms with E-state index in [4.69, 9.17) is 4.74 Å². The molecule has 1 aliphatic carbocycles. The van der Waals surface area contributed by atoms with Crippen LogP contribution in [0.5, 0.6) is 5.75 Å². The number of aromatic nitrogens is 2. The molecule has 1 aliphatic heterocycles. The van der Waals surface area contributed by atoms with Crippen molar-refractivity contribution in [3.05, 3.63) is 59.2 Å². The summed E-state index contributed by atoms with van der Waals surface area (Å²) in [5.41, 5.74) is 3.80. The van der Waals surface area contributed by atoms with Gasteiger partial charge < -0.3 is 14.6 Å². The highest BCUT2D eigenvalue weighted by Crippen LogP contribution is 2.53. The topological polar surface area (TPSA) is 58.2 Å². The van der Waals surface area contributed by atoms with Gasteiger partial charge in [0.1, 0.15) is 17.1 Å². The molecule has 1 amide bonds. The van der Waals surface area contributed by atoms with E-state index in [9.17, 15) is 9.18 Å². The molecule has 1 N–H and O–H groups in total. The van der Waals surface area contributed by atoms with Crippen molar-refractivity contribution in [3.63, 3.8) is 0 Å². The van der Waals surface area contributed by atoms with E-state index in [-0.39, 0.29) is 11.3 Å². The molecule has 2 heterocycles. The molecule has 0 radical (unpaired) electrons. The molecule has 2 aliphatic rings. The lowest BCUT2D eigenvalue weighted by molar-refractivity contribution is 0.0710. The van der Waals surface area contributed by atoms with E-state index in [0.717, 1.165) is 24.2 Å². The summed E-state index contributed by atoms with van der Waals surface area (Å²) in [5, 5.41) is 0. The molecule has 1 aromatic heterocycles. The van der Waals surface area contributed by atoms with Gasteiger partial charge in [-0.15, -0.1) is 0 Å². The average Bonchev–Trinajstić information content (AvgIpc) is 3.25. The van der Waals surface area contributed by atoms with Crippen LogP contribution in [0.2, 0.25) is 0 Å². The van der Waals surface area contributed by atoms with Crippen LogP contribution in [0.15, 0.2) is 36.7 Å². The number of amides is 1. The largest absolute Gasteiger partial charge is 0.497 e. The van der Waals surface area contributed by atoms with Crippen molar-refractivity contribution in [2.24, 2.45) is 0 Å². The zero-order valence-electron chi connectivity index (χ0n) is 14.4. The Balaban J connectivity index is 1.55. The van der Waals surface area contributed by atoms with Gasteiger partial charge in [-0.25, -0.2) is 9.37 Å². The molecular weight excluding hydrogens is 333 g/mol. The van der Waals surface area contributed by atoms with E-state index >= 15 is 0 Å². The van der Waals surface area contributed by atoms with Gasteiger partial charge in [-0.05, 0) is 48.2 Å². The summed E-state index contributed by atoms with van der Waals surface area (Å²) in [7, 11) is 1.67. The Kier molecular flexibility index (Phi) is 3.13. The first-order valence-corrected chi connectivity index (χ1v) is 8.69. The first-order chi connectivity index (χ1) is 12.6. The Labute approximate surface area is 149 Å². The quantitative estimate of drug-likeness (QED) is 0.770. The van der Waals surface area contributed by atoms with E-state index < -0.39 is 5.82 Å². The van der Waals surface area contributed by atoms with Crippen LogP contribution in [0.25, 0.3) is 11.0 Å². The van der Waals surface area contributed by atoms with Gasteiger partial charge in [0, 0.05) is 18.5 Å². The third kappa shape index (κ3) is 2.21. The van der Waals surface area contributed by atoms with E-state index in [1.165, 1.54) is 24.0 Å². The maximum atomic E-state index is 14.0. The normalized spacial score (nSPS) is 17.4. The maximum Gasteiger partial charge on any atom is 0.256 e. The molecule has 0 saturated heterocycles. The van der Waals surface area contributed by atoms with Crippen molar-refractivity contribution in [1.82, 2.24) is 14.9 Å². The van der Waals surface area contributed by atoms with Gasteiger partial charge in [0.05, 0.1) is 24.5 Å². The van der Waals surface area contributed by atoms with Gasteiger partial charge in [0.2, 0.25) is 0 Å². The number of hydrogen-bond donors (Lipinski definition) is 1. The number of H-pyrrole nitrogens is 1. The van der Waals surface area contributed by atoms with Gasteiger partial charge in [-0.1, -0.05) is 6.07 Å². The highest BCUT2D eigenvalue weighted by molar-refractivity contribution is 6.05. The molecule has 132 valence electrons. The van der Waals surface area contributed by atoms with E-state index in [1.54, 1.807) is 7.11 Å². The van der Waals surface area contributed by atoms with Gasteiger partial charge in [0.15, 0.2) is 0 Å². The van der Waals surface area contributed by atoms with Crippen LogP contribution in [-0.2, 0) is 12.0 Å². The summed E-state index contributed by atoms with van der Waals surface area (Å²) in [6.07, 6.45) is 3.59. The molecule has 1 saturated carbocycles. The molecule has 26 heavy (non-hydrogen) atoms. The van der Waals surface area contributed by atoms with E-state index in [1.807, 2.05) is 17.0 Å². The van der Waals surface area contributed by atoms with Crippen molar-refractivity contribution in [1.29, 1.82) is 0 Å². The number of fused-ring (bicyclic) bond motifs is 3. The third-order valence-electron chi connectivity index (χ3n) is 5.60. The van der Waals surface area contributed by atoms with Crippen molar-refractivity contribution in [2.45, 2.75) is 24.8 Å². The highest BCUT2D eigenvalue weighted by atomic mass is 19.1. The predicted octanol–water partition coefficient (Wildman–Crippen LogP) is 3.40. The zero-order valence-corrected chi connectivity index (χ0v) is 14.4. The van der Waals surface area contributed by atoms with Gasteiger partial charge in [0.25, 0.3) is 5.91 Å². The Hall–Kier alpha value is -2.89. The fourth-order valence-electron chi connectivity index (χ4n) is 4.10. The fraction of sp³-hybridized carbons (Fsp3) is 0.300. The molecule has 2 aromatic carbocycles. The minimum absolute atomic E-state index is 0.00972. The van der Waals surface area contributed by atoms with Crippen LogP contribution in [0.4, 0.5) is 4.39 Å². The summed E-state index contributed by atoms with van der Waals surface area (Å²) >= 11 is 0. The number of imidazole rings is 1. The molecule has 3 aromatic rings. The Morgan fingerprint density at radius 2 is 2.15 bits per heavy atom. The number of hydrogen-bond acceptors (Lipinski definition) is 3. The number of carbonyl (C=O) groups excluding carboxylic acids is 1. The first-order valence-electron chi connectivity index (χ1n) is 8.69. The summed E-state index contributed by atoms with van der Waals surface area (Å²) in [5.74, 6) is 0.237. The van der Waals surface area contributed by atoms with E-state index in [2.05, 4.69) is 16.0 Å². The minimum atomic E-state index is -0.437. The van der Waals surface area contributed by atoms with Crippen molar-refractivity contribution in [2.75, 3.05) is 13.7 Å². The number of ether oxygens (including phenoxy) is 1. The summed E-state index contributed by atoms with van der Waals surface area (Å²) in [4.78, 5) is 22.1. The molecule has 5 nitrogen and oxygen atoms in total. The lowest BCUT2D eigenvalue weighted by Gasteiger charge is -2.35. The van der Waals surface area contributed by atoms with Crippen LogP contribution in [0.1, 0.15) is 34.3 Å². The second kappa shape index (κ2) is 5.30. The average molecular weight is 351 g/mol. The number of rotatable bonds is 2. The molecule has 5 rings (SSSR count). The Morgan fingerprint density at radius 3 is 2.92 bits per heavy atom. The number of halogens is 1. The Morgan fingerprint density at radius 1 is 1.31 bits per heavy atom. The Bertz CT molecular complexity index is 1040. The van der Waals surface area contributed by atoms with Crippen molar-refractivity contribution in [3.8, 4) is 5.75 Å². The van der Waals surface area contributed by atoms with Gasteiger partial charge in [-0.3, -0.25) is 4.79 Å². The highest BCUT2D eigenvalue weighted by Gasteiger charge is 2.50. The maximum absolute atomic E-state index is 14.0. The zero-order chi connectivity index (χ0) is 17.9. The van der Waals surface area contributed by atoms with Crippen LogP contribution in [0, 0.1) is 5.82 Å². The second-order valence-electron chi connectivity index (χ2n) is 7.22. The summed E-state index contributed by atoms with van der Waals surface area (Å²) < 4.78 is 19.3.